The van der Waals surface area contributed by atoms with E-state index in [9.17, 15) is 10.5 Å². The standard InChI is InChI=1S/C26H19N3/c27-17-26(18-28)24(21-12-5-2-6-13-21)23(20-10-3-1-4-11-20)25-22-14-8-7-9-19(22)15-16-29(25)26/h1-16,23-25H/p+1/t23-,24+,25+/m0/s1. The molecule has 29 heavy (non-hydrogen) atoms. The molecule has 1 unspecified atom stereocenters. The summed E-state index contributed by atoms with van der Waals surface area (Å²) in [4.78, 5) is 0.920. The van der Waals surface area contributed by atoms with E-state index in [0.717, 1.165) is 10.5 Å². The number of rotatable bonds is 2. The first-order chi connectivity index (χ1) is 14.3. The Morgan fingerprint density at radius 2 is 1.31 bits per heavy atom. The van der Waals surface area contributed by atoms with Gasteiger partial charge in [0.1, 0.15) is 18.2 Å². The van der Waals surface area contributed by atoms with Crippen molar-refractivity contribution in [2.24, 2.45) is 0 Å². The molecule has 3 aromatic rings. The maximum Gasteiger partial charge on any atom is 0.283 e. The van der Waals surface area contributed by atoms with Crippen LogP contribution in [0.2, 0.25) is 0 Å². The highest BCUT2D eigenvalue weighted by molar-refractivity contribution is 5.58. The summed E-state index contributed by atoms with van der Waals surface area (Å²) in [6.07, 6.45) is 4.08. The van der Waals surface area contributed by atoms with Crippen molar-refractivity contribution >= 4 is 6.08 Å². The fraction of sp³-hybridized carbons (Fsp3) is 0.154. The summed E-state index contributed by atoms with van der Waals surface area (Å²) in [5.74, 6) is -0.226. The van der Waals surface area contributed by atoms with E-state index in [-0.39, 0.29) is 17.9 Å². The van der Waals surface area contributed by atoms with Crippen LogP contribution in [0.5, 0.6) is 0 Å². The van der Waals surface area contributed by atoms with E-state index in [0.29, 0.717) is 0 Å². The van der Waals surface area contributed by atoms with Crippen LogP contribution in [0, 0.1) is 22.7 Å². The van der Waals surface area contributed by atoms with Gasteiger partial charge in [-0.05, 0) is 22.8 Å². The molecule has 138 valence electrons. The molecule has 0 spiro atoms. The maximum atomic E-state index is 10.4. The summed E-state index contributed by atoms with van der Waals surface area (Å²) < 4.78 is 0. The Morgan fingerprint density at radius 1 is 0.724 bits per heavy atom. The number of nitrogens with zero attached hydrogens (tertiary/aromatic N) is 2. The normalized spacial score (nSPS) is 26.0. The van der Waals surface area contributed by atoms with Crippen LogP contribution < -0.4 is 4.90 Å². The van der Waals surface area contributed by atoms with Gasteiger partial charge in [0.15, 0.2) is 0 Å². The third kappa shape index (κ3) is 2.46. The SMILES string of the molecule is N#CC1(C#N)[C@H](c2ccccc2)[C@H](c2ccccc2)[C@H]2c3ccccc3C=C[NH+]21. The number of nitrogens with one attached hydrogen (secondary N) is 1. The van der Waals surface area contributed by atoms with Gasteiger partial charge in [0.2, 0.25) is 0 Å². The topological polar surface area (TPSA) is 52.0 Å². The molecule has 3 heteroatoms. The third-order valence-corrected chi connectivity index (χ3v) is 6.44. The van der Waals surface area contributed by atoms with Crippen LogP contribution in [0.3, 0.4) is 0 Å². The Kier molecular flexibility index (Phi) is 4.06. The van der Waals surface area contributed by atoms with Gasteiger partial charge in [0, 0.05) is 5.56 Å². The molecule has 3 nitrogen and oxygen atoms in total. The largest absolute Gasteiger partial charge is 0.283 e. The Balaban J connectivity index is 1.82. The molecule has 1 fully saturated rings. The van der Waals surface area contributed by atoms with Crippen molar-refractivity contribution in [3.8, 4) is 12.1 Å². The maximum absolute atomic E-state index is 10.4. The van der Waals surface area contributed by atoms with Crippen LogP contribution in [0.1, 0.15) is 40.1 Å². The highest BCUT2D eigenvalue weighted by atomic mass is 15.3. The minimum atomic E-state index is -1.20. The zero-order valence-corrected chi connectivity index (χ0v) is 15.9. The molecule has 4 atom stereocenters. The van der Waals surface area contributed by atoms with Gasteiger partial charge in [-0.15, -0.1) is 0 Å². The summed E-state index contributed by atoms with van der Waals surface area (Å²) in [6, 6.07) is 33.7. The highest BCUT2D eigenvalue weighted by Gasteiger charge is 2.66. The summed E-state index contributed by atoms with van der Waals surface area (Å²) in [7, 11) is 0. The first kappa shape index (κ1) is 17.4. The van der Waals surface area contributed by atoms with Crippen molar-refractivity contribution in [1.29, 1.82) is 10.5 Å². The van der Waals surface area contributed by atoms with Crippen LogP contribution in [0.4, 0.5) is 0 Å². The number of benzene rings is 3. The van der Waals surface area contributed by atoms with Gasteiger partial charge in [0.25, 0.3) is 5.54 Å². The van der Waals surface area contributed by atoms with E-state index >= 15 is 0 Å². The molecule has 3 aromatic carbocycles. The average Bonchev–Trinajstić information content (AvgIpc) is 3.11. The molecule has 0 aromatic heterocycles. The predicted octanol–water partition coefficient (Wildman–Crippen LogP) is 3.96. The second-order valence-electron chi connectivity index (χ2n) is 7.75. The molecule has 0 aliphatic carbocycles. The molecule has 0 amide bonds. The summed E-state index contributed by atoms with van der Waals surface area (Å²) in [5, 5.41) is 20.7. The lowest BCUT2D eigenvalue weighted by Crippen LogP contribution is -3.14. The molecule has 0 bridgehead atoms. The van der Waals surface area contributed by atoms with E-state index in [4.69, 9.17) is 0 Å². The Hall–Kier alpha value is -3.66. The number of hydrogen-bond acceptors (Lipinski definition) is 2. The molecule has 5 rings (SSSR count). The number of quaternary nitrogens is 1. The van der Waals surface area contributed by atoms with Crippen LogP contribution in [0.25, 0.3) is 6.08 Å². The average molecular weight is 374 g/mol. The van der Waals surface area contributed by atoms with Crippen molar-refractivity contribution in [2.45, 2.75) is 23.4 Å². The lowest BCUT2D eigenvalue weighted by molar-refractivity contribution is -0.902. The lowest BCUT2D eigenvalue weighted by Gasteiger charge is -2.30. The van der Waals surface area contributed by atoms with E-state index in [1.165, 1.54) is 16.7 Å². The first-order valence-corrected chi connectivity index (χ1v) is 9.87. The first-order valence-electron chi connectivity index (χ1n) is 9.87. The van der Waals surface area contributed by atoms with Crippen molar-refractivity contribution in [1.82, 2.24) is 0 Å². The van der Waals surface area contributed by atoms with Gasteiger partial charge in [0.05, 0.1) is 18.0 Å². The monoisotopic (exact) mass is 374 g/mol. The summed E-state index contributed by atoms with van der Waals surface area (Å²) in [5.41, 5.74) is 3.38. The van der Waals surface area contributed by atoms with Crippen molar-refractivity contribution in [3.05, 3.63) is 113 Å². The molecule has 0 radical (unpaired) electrons. The van der Waals surface area contributed by atoms with Crippen LogP contribution in [-0.4, -0.2) is 5.54 Å². The van der Waals surface area contributed by atoms with Crippen molar-refractivity contribution in [2.75, 3.05) is 0 Å². The zero-order valence-electron chi connectivity index (χ0n) is 15.9. The quantitative estimate of drug-likeness (QED) is 0.738. The number of hydrogen-bond donors (Lipinski definition) is 1. The van der Waals surface area contributed by atoms with Gasteiger partial charge in [-0.3, -0.25) is 4.90 Å². The van der Waals surface area contributed by atoms with Gasteiger partial charge >= 0.3 is 0 Å². The minimum Gasteiger partial charge on any atom is -0.273 e. The van der Waals surface area contributed by atoms with Crippen molar-refractivity contribution < 1.29 is 4.90 Å². The smallest absolute Gasteiger partial charge is 0.273 e. The number of nitriles is 2. The molecular formula is C26H20N3+. The van der Waals surface area contributed by atoms with Gasteiger partial charge in [-0.25, -0.2) is 0 Å². The van der Waals surface area contributed by atoms with Gasteiger partial charge in [-0.1, -0.05) is 84.9 Å². The highest BCUT2D eigenvalue weighted by Crippen LogP contribution is 2.51. The Labute approximate surface area is 170 Å². The van der Waals surface area contributed by atoms with Gasteiger partial charge in [-0.2, -0.15) is 10.5 Å². The molecule has 0 saturated carbocycles. The van der Waals surface area contributed by atoms with E-state index < -0.39 is 5.54 Å². The molecular weight excluding hydrogens is 354 g/mol. The van der Waals surface area contributed by atoms with Crippen molar-refractivity contribution in [3.63, 3.8) is 0 Å². The molecule has 2 heterocycles. The minimum absolute atomic E-state index is 0.00288. The fourth-order valence-corrected chi connectivity index (χ4v) is 5.27. The second kappa shape index (κ2) is 6.74. The van der Waals surface area contributed by atoms with Crippen LogP contribution in [-0.2, 0) is 0 Å². The summed E-state index contributed by atoms with van der Waals surface area (Å²) in [6.45, 7) is 0. The summed E-state index contributed by atoms with van der Waals surface area (Å²) >= 11 is 0. The molecule has 2 aliphatic rings. The van der Waals surface area contributed by atoms with Gasteiger partial charge < -0.3 is 0 Å². The van der Waals surface area contributed by atoms with E-state index in [1.807, 2.05) is 54.7 Å². The van der Waals surface area contributed by atoms with E-state index in [2.05, 4.69) is 54.6 Å². The predicted molar refractivity (Wildman–Crippen MR) is 112 cm³/mol. The molecule has 2 aliphatic heterocycles. The molecule has 1 saturated heterocycles. The third-order valence-electron chi connectivity index (χ3n) is 6.44. The number of fused-ring (bicyclic) bond motifs is 3. The lowest BCUT2D eigenvalue weighted by atomic mass is 9.72. The van der Waals surface area contributed by atoms with E-state index in [1.54, 1.807) is 0 Å². The fourth-order valence-electron chi connectivity index (χ4n) is 5.27. The second-order valence-corrected chi connectivity index (χ2v) is 7.75. The van der Waals surface area contributed by atoms with Crippen LogP contribution in [0.15, 0.2) is 91.1 Å². The zero-order chi connectivity index (χ0) is 19.8. The Morgan fingerprint density at radius 3 is 1.97 bits per heavy atom. The van der Waals surface area contributed by atoms with Crippen LogP contribution >= 0.6 is 0 Å². The molecule has 1 N–H and O–H groups in total. The Bertz CT molecular complexity index is 1140.